The molecule has 27 heavy (non-hydrogen) atoms. The van der Waals surface area contributed by atoms with E-state index in [9.17, 15) is 4.79 Å². The molecule has 5 aromatic rings. The molecule has 0 radical (unpaired) electrons. The molecule has 0 aliphatic carbocycles. The first-order chi connectivity index (χ1) is 13.3. The van der Waals surface area contributed by atoms with Crippen LogP contribution in [-0.2, 0) is 0 Å². The summed E-state index contributed by atoms with van der Waals surface area (Å²) in [6.07, 6.45) is 4.35. The zero-order valence-electron chi connectivity index (χ0n) is 14.1. The molecular formula is C21H14N4OS. The van der Waals surface area contributed by atoms with Crippen molar-refractivity contribution in [3.8, 4) is 10.4 Å². The molecule has 0 bridgehead atoms. The van der Waals surface area contributed by atoms with Crippen molar-refractivity contribution < 1.29 is 4.79 Å². The number of benzene rings is 2. The minimum atomic E-state index is 0.669. The molecule has 0 saturated carbocycles. The summed E-state index contributed by atoms with van der Waals surface area (Å²) in [7, 11) is 0. The van der Waals surface area contributed by atoms with Gasteiger partial charge in [-0.15, -0.1) is 11.3 Å². The zero-order valence-corrected chi connectivity index (χ0v) is 15.0. The Hall–Kier alpha value is -3.51. The molecule has 3 aromatic heterocycles. The average Bonchev–Trinajstić information content (AvgIpc) is 3.35. The highest BCUT2D eigenvalue weighted by Gasteiger charge is 2.11. The second kappa shape index (κ2) is 6.34. The van der Waals surface area contributed by atoms with Crippen LogP contribution in [-0.4, -0.2) is 21.2 Å². The molecule has 3 heterocycles. The maximum absolute atomic E-state index is 10.9. The number of nitrogens with zero attached hydrogens (tertiary/aromatic N) is 2. The molecule has 0 amide bonds. The fourth-order valence-corrected chi connectivity index (χ4v) is 4.14. The third kappa shape index (κ3) is 2.86. The number of aldehydes is 1. The van der Waals surface area contributed by atoms with Crippen LogP contribution in [0.25, 0.3) is 31.6 Å². The Kier molecular flexibility index (Phi) is 3.69. The normalized spacial score (nSPS) is 11.1. The summed E-state index contributed by atoms with van der Waals surface area (Å²) in [5.74, 6) is 0.788. The Labute approximate surface area is 158 Å². The summed E-state index contributed by atoms with van der Waals surface area (Å²) >= 11 is 1.63. The number of fused-ring (bicyclic) bond motifs is 2. The number of rotatable bonds is 4. The molecule has 0 aliphatic rings. The van der Waals surface area contributed by atoms with Crippen molar-refractivity contribution in [2.24, 2.45) is 0 Å². The van der Waals surface area contributed by atoms with E-state index in [1.54, 1.807) is 17.7 Å². The Bertz CT molecular complexity index is 1270. The van der Waals surface area contributed by atoms with Crippen LogP contribution in [0.4, 0.5) is 11.5 Å². The number of nitrogens with one attached hydrogen (secondary N) is 2. The van der Waals surface area contributed by atoms with Crippen LogP contribution >= 0.6 is 11.3 Å². The van der Waals surface area contributed by atoms with Crippen LogP contribution in [0.1, 0.15) is 10.4 Å². The molecule has 2 aromatic carbocycles. The van der Waals surface area contributed by atoms with Crippen molar-refractivity contribution in [1.29, 1.82) is 0 Å². The second-order valence-corrected chi connectivity index (χ2v) is 7.24. The van der Waals surface area contributed by atoms with Crippen LogP contribution in [0.5, 0.6) is 0 Å². The van der Waals surface area contributed by atoms with Crippen LogP contribution in [0, 0.1) is 0 Å². The van der Waals surface area contributed by atoms with Crippen LogP contribution < -0.4 is 5.32 Å². The lowest BCUT2D eigenvalue weighted by Gasteiger charge is -2.06. The SMILES string of the molecule is O=Cc1ccc(-c2cc3ncnc(Nc4ccc5[nH]ccc5c4)c3s2)cc1. The average molecular weight is 370 g/mol. The highest BCUT2D eigenvalue weighted by molar-refractivity contribution is 7.22. The number of carbonyl (C=O) groups is 1. The molecule has 0 atom stereocenters. The van der Waals surface area contributed by atoms with Gasteiger partial charge in [0.2, 0.25) is 0 Å². The molecule has 0 aliphatic heterocycles. The maximum atomic E-state index is 10.9. The molecule has 5 nitrogen and oxygen atoms in total. The van der Waals surface area contributed by atoms with E-state index in [-0.39, 0.29) is 0 Å². The van der Waals surface area contributed by atoms with Gasteiger partial charge in [-0.2, -0.15) is 0 Å². The monoisotopic (exact) mass is 370 g/mol. The van der Waals surface area contributed by atoms with E-state index in [0.717, 1.165) is 49.4 Å². The van der Waals surface area contributed by atoms with Gasteiger partial charge in [-0.1, -0.05) is 24.3 Å². The van der Waals surface area contributed by atoms with Crippen molar-refractivity contribution >= 4 is 50.2 Å². The van der Waals surface area contributed by atoms with Crippen molar-refractivity contribution in [2.45, 2.75) is 0 Å². The number of hydrogen-bond acceptors (Lipinski definition) is 5. The predicted octanol–water partition coefficient (Wildman–Crippen LogP) is 5.40. The van der Waals surface area contributed by atoms with Gasteiger partial charge in [0.05, 0.1) is 10.2 Å². The van der Waals surface area contributed by atoms with E-state index < -0.39 is 0 Å². The molecule has 2 N–H and O–H groups in total. The Morgan fingerprint density at radius 2 is 1.89 bits per heavy atom. The Balaban J connectivity index is 1.54. The standard InChI is InChI=1S/C21H14N4OS/c26-11-13-1-3-14(4-2-13)19-10-18-20(27-19)21(24-12-23-18)25-16-5-6-17-15(9-16)7-8-22-17/h1-12,22H,(H,23,24,25). The van der Waals surface area contributed by atoms with Gasteiger partial charge in [0, 0.05) is 33.2 Å². The minimum absolute atomic E-state index is 0.669. The molecule has 0 saturated heterocycles. The van der Waals surface area contributed by atoms with E-state index >= 15 is 0 Å². The highest BCUT2D eigenvalue weighted by Crippen LogP contribution is 2.36. The minimum Gasteiger partial charge on any atom is -0.361 e. The van der Waals surface area contributed by atoms with Crippen molar-refractivity contribution in [3.63, 3.8) is 0 Å². The molecule has 0 unspecified atom stereocenters. The van der Waals surface area contributed by atoms with Crippen molar-refractivity contribution in [3.05, 3.63) is 72.7 Å². The molecule has 130 valence electrons. The van der Waals surface area contributed by atoms with E-state index in [2.05, 4.69) is 32.4 Å². The molecule has 6 heteroatoms. The third-order valence-electron chi connectivity index (χ3n) is 4.46. The van der Waals surface area contributed by atoms with Gasteiger partial charge >= 0.3 is 0 Å². The van der Waals surface area contributed by atoms with Gasteiger partial charge in [-0.05, 0) is 35.9 Å². The third-order valence-corrected chi connectivity index (χ3v) is 5.64. The van der Waals surface area contributed by atoms with Gasteiger partial charge in [-0.3, -0.25) is 4.79 Å². The van der Waals surface area contributed by atoms with Crippen molar-refractivity contribution in [2.75, 3.05) is 5.32 Å². The van der Waals surface area contributed by atoms with E-state index in [0.29, 0.717) is 5.56 Å². The molecule has 0 fully saturated rings. The summed E-state index contributed by atoms with van der Waals surface area (Å²) in [6, 6.07) is 17.8. The highest BCUT2D eigenvalue weighted by atomic mass is 32.1. The first kappa shape index (κ1) is 15.7. The fourth-order valence-electron chi connectivity index (χ4n) is 3.08. The summed E-state index contributed by atoms with van der Waals surface area (Å²) in [6.45, 7) is 0. The quantitative estimate of drug-likeness (QED) is 0.416. The van der Waals surface area contributed by atoms with Crippen molar-refractivity contribution in [1.82, 2.24) is 15.0 Å². The first-order valence-electron chi connectivity index (χ1n) is 8.44. The summed E-state index contributed by atoms with van der Waals surface area (Å²) in [4.78, 5) is 24.0. The van der Waals surface area contributed by atoms with E-state index in [1.165, 1.54) is 0 Å². The fraction of sp³-hybridized carbons (Fsp3) is 0. The van der Waals surface area contributed by atoms with Gasteiger partial charge in [-0.25, -0.2) is 9.97 Å². The number of aromatic amines is 1. The number of aromatic nitrogens is 3. The Morgan fingerprint density at radius 1 is 1.00 bits per heavy atom. The molecule has 0 spiro atoms. The maximum Gasteiger partial charge on any atom is 0.151 e. The lowest BCUT2D eigenvalue weighted by Crippen LogP contribution is -1.94. The van der Waals surface area contributed by atoms with Crippen LogP contribution in [0.3, 0.4) is 0 Å². The smallest absolute Gasteiger partial charge is 0.151 e. The number of anilines is 2. The largest absolute Gasteiger partial charge is 0.361 e. The van der Waals surface area contributed by atoms with Gasteiger partial charge in [0.15, 0.2) is 5.82 Å². The topological polar surface area (TPSA) is 70.7 Å². The van der Waals surface area contributed by atoms with Crippen LogP contribution in [0.2, 0.25) is 0 Å². The van der Waals surface area contributed by atoms with Gasteiger partial charge in [0.1, 0.15) is 12.6 Å². The number of thiophene rings is 1. The van der Waals surface area contributed by atoms with E-state index in [1.807, 2.05) is 48.7 Å². The zero-order chi connectivity index (χ0) is 18.2. The van der Waals surface area contributed by atoms with Crippen LogP contribution in [0.15, 0.2) is 67.1 Å². The first-order valence-corrected chi connectivity index (χ1v) is 9.26. The number of H-pyrrole nitrogens is 1. The predicted molar refractivity (Wildman–Crippen MR) is 110 cm³/mol. The Morgan fingerprint density at radius 3 is 2.74 bits per heavy atom. The summed E-state index contributed by atoms with van der Waals surface area (Å²) in [5, 5.41) is 4.56. The lowest BCUT2D eigenvalue weighted by molar-refractivity contribution is 0.112. The lowest BCUT2D eigenvalue weighted by atomic mass is 10.1. The van der Waals surface area contributed by atoms with E-state index in [4.69, 9.17) is 0 Å². The molecular weight excluding hydrogens is 356 g/mol. The van der Waals surface area contributed by atoms with Gasteiger partial charge in [0.25, 0.3) is 0 Å². The number of carbonyl (C=O) groups excluding carboxylic acids is 1. The summed E-state index contributed by atoms with van der Waals surface area (Å²) in [5.41, 5.74) is 4.71. The number of hydrogen-bond donors (Lipinski definition) is 2. The molecule has 5 rings (SSSR count). The second-order valence-electron chi connectivity index (χ2n) is 6.19. The van der Waals surface area contributed by atoms with Gasteiger partial charge < -0.3 is 10.3 Å². The summed E-state index contributed by atoms with van der Waals surface area (Å²) < 4.78 is 1.00.